The van der Waals surface area contributed by atoms with E-state index in [0.29, 0.717) is 13.0 Å². The van der Waals surface area contributed by atoms with Gasteiger partial charge in [-0.1, -0.05) is 66.2 Å². The lowest BCUT2D eigenvalue weighted by Crippen LogP contribution is -2.24. The molecule has 4 heteroatoms. The molecule has 1 atom stereocenters. The number of para-hydroxylation sites is 2. The molecule has 4 aromatic carbocycles. The topological polar surface area (TPSA) is 38.1 Å². The summed E-state index contributed by atoms with van der Waals surface area (Å²) in [5, 5.41) is 2.48. The molecule has 1 amide bonds. The van der Waals surface area contributed by atoms with E-state index in [2.05, 4.69) is 84.3 Å². The normalized spacial score (nSPS) is 16.2. The lowest BCUT2D eigenvalue weighted by molar-refractivity contribution is -0.117. The van der Waals surface area contributed by atoms with Crippen molar-refractivity contribution in [1.82, 2.24) is 9.55 Å². The first-order chi connectivity index (χ1) is 16.2. The number of hydrogen-bond donors (Lipinski definition) is 0. The fourth-order valence-electron chi connectivity index (χ4n) is 4.95. The Labute approximate surface area is 193 Å². The summed E-state index contributed by atoms with van der Waals surface area (Å²) in [4.78, 5) is 19.9. The zero-order chi connectivity index (χ0) is 22.4. The van der Waals surface area contributed by atoms with Crippen LogP contribution in [0.25, 0.3) is 21.8 Å². The van der Waals surface area contributed by atoms with Crippen LogP contribution >= 0.6 is 0 Å². The van der Waals surface area contributed by atoms with Gasteiger partial charge in [0.1, 0.15) is 5.82 Å². The van der Waals surface area contributed by atoms with E-state index in [9.17, 15) is 4.79 Å². The molecular weight excluding hydrogens is 406 g/mol. The molecule has 2 heterocycles. The van der Waals surface area contributed by atoms with Crippen molar-refractivity contribution in [3.8, 4) is 0 Å². The summed E-state index contributed by atoms with van der Waals surface area (Å²) in [6, 6.07) is 31.5. The van der Waals surface area contributed by atoms with Crippen LogP contribution in [-0.4, -0.2) is 22.0 Å². The smallest absolute Gasteiger partial charge is 0.227 e. The minimum atomic E-state index is 0.0617. The maximum absolute atomic E-state index is 13.0. The number of nitrogens with zero attached hydrogens (tertiary/aromatic N) is 3. The molecule has 0 bridgehead atoms. The molecular formula is C29H25N3O. The van der Waals surface area contributed by atoms with E-state index in [1.807, 2.05) is 23.1 Å². The first-order valence-corrected chi connectivity index (χ1v) is 11.5. The van der Waals surface area contributed by atoms with Crippen LogP contribution < -0.4 is 4.90 Å². The summed E-state index contributed by atoms with van der Waals surface area (Å²) < 4.78 is 2.30. The molecule has 1 unspecified atom stereocenters. The summed E-state index contributed by atoms with van der Waals surface area (Å²) in [7, 11) is 0. The second-order valence-electron chi connectivity index (χ2n) is 8.97. The predicted octanol–water partition coefficient (Wildman–Crippen LogP) is 6.07. The van der Waals surface area contributed by atoms with Crippen molar-refractivity contribution in [3.05, 3.63) is 108 Å². The molecule has 0 spiro atoms. The standard InChI is InChI=1S/C29H25N3O/c1-20-10-14-25(15-11-20)31-19-24(17-28(31)33)29-30-26-8-4-5-9-27(26)32(29)18-21-12-13-22-6-2-3-7-23(22)16-21/h2-16,24H,17-19H2,1H3. The summed E-state index contributed by atoms with van der Waals surface area (Å²) >= 11 is 0. The number of aromatic nitrogens is 2. The number of anilines is 1. The van der Waals surface area contributed by atoms with Crippen molar-refractivity contribution in [2.45, 2.75) is 25.8 Å². The molecule has 1 aliphatic rings. The minimum absolute atomic E-state index is 0.0617. The van der Waals surface area contributed by atoms with Crippen LogP contribution in [0, 0.1) is 6.92 Å². The molecule has 1 fully saturated rings. The fraction of sp³-hybridized carbons (Fsp3) is 0.172. The van der Waals surface area contributed by atoms with Crippen molar-refractivity contribution in [2.75, 3.05) is 11.4 Å². The molecule has 162 valence electrons. The quantitative estimate of drug-likeness (QED) is 0.347. The second kappa shape index (κ2) is 7.89. The second-order valence-corrected chi connectivity index (χ2v) is 8.97. The molecule has 0 saturated carbocycles. The van der Waals surface area contributed by atoms with Crippen molar-refractivity contribution >= 4 is 33.4 Å². The SMILES string of the molecule is Cc1ccc(N2CC(c3nc4ccccc4n3Cc3ccc4ccccc4c3)CC2=O)cc1. The third-order valence-corrected chi connectivity index (χ3v) is 6.67. The molecule has 1 aliphatic heterocycles. The van der Waals surface area contributed by atoms with Crippen molar-refractivity contribution in [1.29, 1.82) is 0 Å². The maximum Gasteiger partial charge on any atom is 0.227 e. The zero-order valence-electron chi connectivity index (χ0n) is 18.6. The van der Waals surface area contributed by atoms with E-state index >= 15 is 0 Å². The Hall–Kier alpha value is -3.92. The number of rotatable bonds is 4. The Morgan fingerprint density at radius 3 is 2.48 bits per heavy atom. The highest BCUT2D eigenvalue weighted by Crippen LogP contribution is 2.34. The third kappa shape index (κ3) is 3.58. The average molecular weight is 432 g/mol. The molecule has 5 aromatic rings. The Kier molecular flexibility index (Phi) is 4.72. The Morgan fingerprint density at radius 1 is 0.879 bits per heavy atom. The van der Waals surface area contributed by atoms with Gasteiger partial charge in [-0.2, -0.15) is 0 Å². The van der Waals surface area contributed by atoms with Crippen LogP contribution in [0.15, 0.2) is 91.0 Å². The van der Waals surface area contributed by atoms with E-state index in [1.54, 1.807) is 0 Å². The van der Waals surface area contributed by atoms with Gasteiger partial charge >= 0.3 is 0 Å². The maximum atomic E-state index is 13.0. The van der Waals surface area contributed by atoms with Crippen molar-refractivity contribution < 1.29 is 4.79 Å². The number of imidazole rings is 1. The van der Waals surface area contributed by atoms with Crippen molar-refractivity contribution in [2.24, 2.45) is 0 Å². The van der Waals surface area contributed by atoms with Gasteiger partial charge in [-0.25, -0.2) is 4.98 Å². The first-order valence-electron chi connectivity index (χ1n) is 11.5. The number of fused-ring (bicyclic) bond motifs is 2. The Morgan fingerprint density at radius 2 is 1.64 bits per heavy atom. The van der Waals surface area contributed by atoms with Gasteiger partial charge in [0.25, 0.3) is 0 Å². The van der Waals surface area contributed by atoms with Gasteiger partial charge in [-0.15, -0.1) is 0 Å². The van der Waals surface area contributed by atoms with E-state index in [1.165, 1.54) is 21.9 Å². The highest BCUT2D eigenvalue weighted by atomic mass is 16.2. The largest absolute Gasteiger partial charge is 0.323 e. The van der Waals surface area contributed by atoms with E-state index < -0.39 is 0 Å². The van der Waals surface area contributed by atoms with Crippen LogP contribution in [0.3, 0.4) is 0 Å². The molecule has 0 radical (unpaired) electrons. The number of carbonyl (C=O) groups excluding carboxylic acids is 1. The van der Waals surface area contributed by atoms with Crippen molar-refractivity contribution in [3.63, 3.8) is 0 Å². The fourth-order valence-corrected chi connectivity index (χ4v) is 4.95. The molecule has 4 nitrogen and oxygen atoms in total. The predicted molar refractivity (Wildman–Crippen MR) is 134 cm³/mol. The van der Waals surface area contributed by atoms with Gasteiger partial charge in [0, 0.05) is 31.1 Å². The lowest BCUT2D eigenvalue weighted by Gasteiger charge is -2.18. The highest BCUT2D eigenvalue weighted by Gasteiger charge is 2.34. The molecule has 1 saturated heterocycles. The molecule has 33 heavy (non-hydrogen) atoms. The summed E-state index contributed by atoms with van der Waals surface area (Å²) in [6.45, 7) is 3.45. The van der Waals surface area contributed by atoms with Gasteiger partial charge < -0.3 is 9.47 Å². The number of benzene rings is 4. The summed E-state index contributed by atoms with van der Waals surface area (Å²) in [5.41, 5.74) is 5.48. The molecule has 1 aromatic heterocycles. The number of aryl methyl sites for hydroxylation is 1. The summed E-state index contributed by atoms with van der Waals surface area (Å²) in [6.07, 6.45) is 0.481. The summed E-state index contributed by atoms with van der Waals surface area (Å²) in [5.74, 6) is 1.21. The Balaban J connectivity index is 1.38. The number of carbonyl (C=O) groups is 1. The van der Waals surface area contributed by atoms with Crippen LogP contribution in [0.5, 0.6) is 0 Å². The van der Waals surface area contributed by atoms with Crippen LogP contribution in [0.4, 0.5) is 5.69 Å². The number of amides is 1. The third-order valence-electron chi connectivity index (χ3n) is 6.67. The van der Waals surface area contributed by atoms with E-state index in [4.69, 9.17) is 4.98 Å². The van der Waals surface area contributed by atoms with E-state index in [-0.39, 0.29) is 11.8 Å². The lowest BCUT2D eigenvalue weighted by atomic mass is 10.1. The van der Waals surface area contributed by atoms with Gasteiger partial charge in [0.15, 0.2) is 0 Å². The van der Waals surface area contributed by atoms with Crippen LogP contribution in [0.1, 0.15) is 29.3 Å². The molecule has 0 aliphatic carbocycles. The first kappa shape index (κ1) is 19.7. The van der Waals surface area contributed by atoms with Gasteiger partial charge in [0.05, 0.1) is 11.0 Å². The van der Waals surface area contributed by atoms with Gasteiger partial charge in [-0.05, 0) is 53.6 Å². The average Bonchev–Trinajstić information content (AvgIpc) is 3.40. The molecule has 0 N–H and O–H groups in total. The Bertz CT molecular complexity index is 1480. The van der Waals surface area contributed by atoms with Crippen LogP contribution in [0.2, 0.25) is 0 Å². The number of hydrogen-bond acceptors (Lipinski definition) is 2. The van der Waals surface area contributed by atoms with Crippen LogP contribution in [-0.2, 0) is 11.3 Å². The molecule has 6 rings (SSSR count). The monoisotopic (exact) mass is 431 g/mol. The van der Waals surface area contributed by atoms with Gasteiger partial charge in [0.2, 0.25) is 5.91 Å². The minimum Gasteiger partial charge on any atom is -0.323 e. The highest BCUT2D eigenvalue weighted by molar-refractivity contribution is 5.96. The zero-order valence-corrected chi connectivity index (χ0v) is 18.6. The van der Waals surface area contributed by atoms with Gasteiger partial charge in [-0.3, -0.25) is 4.79 Å². The van der Waals surface area contributed by atoms with E-state index in [0.717, 1.165) is 29.1 Å².